The van der Waals surface area contributed by atoms with E-state index in [2.05, 4.69) is 5.10 Å². The monoisotopic (exact) mass is 280 g/mol. The number of aromatic carboxylic acids is 1. The van der Waals surface area contributed by atoms with E-state index in [1.165, 1.54) is 11.8 Å². The van der Waals surface area contributed by atoms with Crippen molar-refractivity contribution in [2.75, 3.05) is 7.11 Å². The Kier molecular flexibility index (Phi) is 3.76. The second-order valence-electron chi connectivity index (χ2n) is 3.88. The molecule has 0 radical (unpaired) electrons. The number of hydrogen-bond donors (Lipinski definition) is 1. The van der Waals surface area contributed by atoms with Crippen LogP contribution in [0.2, 0.25) is 5.02 Å². The number of halogens is 1. The van der Waals surface area contributed by atoms with Gasteiger partial charge in [-0.25, -0.2) is 9.48 Å². The first kappa shape index (κ1) is 13.4. The highest BCUT2D eigenvalue weighted by molar-refractivity contribution is 6.30. The van der Waals surface area contributed by atoms with Gasteiger partial charge in [0.15, 0.2) is 0 Å². The average Bonchev–Trinajstić information content (AvgIpc) is 2.78. The summed E-state index contributed by atoms with van der Waals surface area (Å²) in [6.45, 7) is 1.85. The number of aryl methyl sites for hydroxylation is 1. The summed E-state index contributed by atoms with van der Waals surface area (Å²) < 4.78 is 6.66. The molecule has 2 rings (SSSR count). The molecule has 0 atom stereocenters. The van der Waals surface area contributed by atoms with Crippen molar-refractivity contribution in [1.29, 1.82) is 0 Å². The number of carboxylic acid groups (broad SMARTS) is 1. The number of hydrogen-bond acceptors (Lipinski definition) is 3. The van der Waals surface area contributed by atoms with Gasteiger partial charge >= 0.3 is 5.97 Å². The average molecular weight is 281 g/mol. The Labute approximate surface area is 115 Å². The SMILES string of the molecule is CCc1nn(-c2ccc(Cl)cc2)c(OC)c1C(=O)O. The first-order chi connectivity index (χ1) is 9.08. The van der Waals surface area contributed by atoms with Crippen LogP contribution in [0.5, 0.6) is 5.88 Å². The quantitative estimate of drug-likeness (QED) is 0.935. The van der Waals surface area contributed by atoms with Crippen molar-refractivity contribution >= 4 is 17.6 Å². The molecule has 0 saturated heterocycles. The highest BCUT2D eigenvalue weighted by atomic mass is 35.5. The van der Waals surface area contributed by atoms with Gasteiger partial charge in [-0.05, 0) is 30.7 Å². The molecule has 0 amide bonds. The number of aromatic nitrogens is 2. The van der Waals surface area contributed by atoms with Gasteiger partial charge in [-0.3, -0.25) is 0 Å². The van der Waals surface area contributed by atoms with E-state index in [9.17, 15) is 9.90 Å². The maximum Gasteiger partial charge on any atom is 0.343 e. The van der Waals surface area contributed by atoms with Crippen LogP contribution in [0.1, 0.15) is 23.0 Å². The Bertz CT molecular complexity index is 605. The summed E-state index contributed by atoms with van der Waals surface area (Å²) in [7, 11) is 1.43. The van der Waals surface area contributed by atoms with Crippen LogP contribution < -0.4 is 4.74 Å². The maximum absolute atomic E-state index is 11.3. The summed E-state index contributed by atoms with van der Waals surface area (Å²) in [6, 6.07) is 6.93. The van der Waals surface area contributed by atoms with E-state index in [0.29, 0.717) is 22.8 Å². The van der Waals surface area contributed by atoms with Crippen LogP contribution in [0.25, 0.3) is 5.69 Å². The van der Waals surface area contributed by atoms with Gasteiger partial charge in [-0.15, -0.1) is 0 Å². The summed E-state index contributed by atoms with van der Waals surface area (Å²) >= 11 is 5.83. The minimum Gasteiger partial charge on any atom is -0.480 e. The predicted octanol–water partition coefficient (Wildman–Crippen LogP) is 2.79. The number of carboxylic acids is 1. The lowest BCUT2D eigenvalue weighted by atomic mass is 10.2. The lowest BCUT2D eigenvalue weighted by molar-refractivity contribution is 0.0692. The van der Waals surface area contributed by atoms with E-state index < -0.39 is 5.97 Å². The van der Waals surface area contributed by atoms with E-state index in [1.54, 1.807) is 24.3 Å². The summed E-state index contributed by atoms with van der Waals surface area (Å²) in [5.74, 6) is -0.833. The third kappa shape index (κ3) is 2.42. The maximum atomic E-state index is 11.3. The van der Waals surface area contributed by atoms with Gasteiger partial charge in [-0.2, -0.15) is 5.10 Å². The Morgan fingerprint density at radius 2 is 2.05 bits per heavy atom. The Morgan fingerprint density at radius 3 is 2.53 bits per heavy atom. The fraction of sp³-hybridized carbons (Fsp3) is 0.231. The molecule has 2 aromatic rings. The minimum atomic E-state index is -1.05. The van der Waals surface area contributed by atoms with Gasteiger partial charge in [0.1, 0.15) is 5.56 Å². The number of rotatable bonds is 4. The number of methoxy groups -OCH3 is 1. The van der Waals surface area contributed by atoms with Crippen molar-refractivity contribution in [3.8, 4) is 11.6 Å². The van der Waals surface area contributed by atoms with Crippen molar-refractivity contribution < 1.29 is 14.6 Å². The molecule has 0 unspecified atom stereocenters. The highest BCUT2D eigenvalue weighted by Crippen LogP contribution is 2.27. The fourth-order valence-electron chi connectivity index (χ4n) is 1.85. The molecule has 19 heavy (non-hydrogen) atoms. The van der Waals surface area contributed by atoms with E-state index in [-0.39, 0.29) is 11.4 Å². The van der Waals surface area contributed by atoms with Crippen molar-refractivity contribution in [2.24, 2.45) is 0 Å². The number of benzene rings is 1. The number of carbonyl (C=O) groups is 1. The third-order valence-electron chi connectivity index (χ3n) is 2.73. The zero-order chi connectivity index (χ0) is 14.0. The van der Waals surface area contributed by atoms with E-state index in [0.717, 1.165) is 0 Å². The van der Waals surface area contributed by atoms with Crippen molar-refractivity contribution in [3.05, 3.63) is 40.5 Å². The van der Waals surface area contributed by atoms with Crippen LogP contribution in [0, 0.1) is 0 Å². The van der Waals surface area contributed by atoms with Gasteiger partial charge in [0.25, 0.3) is 0 Å². The second kappa shape index (κ2) is 5.32. The van der Waals surface area contributed by atoms with Crippen LogP contribution >= 0.6 is 11.6 Å². The molecule has 6 heteroatoms. The molecule has 1 N–H and O–H groups in total. The zero-order valence-electron chi connectivity index (χ0n) is 10.6. The van der Waals surface area contributed by atoms with Crippen molar-refractivity contribution in [3.63, 3.8) is 0 Å². The second-order valence-corrected chi connectivity index (χ2v) is 4.31. The molecule has 0 fully saturated rings. The molecule has 0 bridgehead atoms. The molecular weight excluding hydrogens is 268 g/mol. The minimum absolute atomic E-state index is 0.0972. The number of ether oxygens (including phenoxy) is 1. The number of nitrogens with zero attached hydrogens (tertiary/aromatic N) is 2. The molecule has 1 aromatic heterocycles. The summed E-state index contributed by atoms with van der Waals surface area (Å²) in [4.78, 5) is 11.3. The molecule has 0 aliphatic carbocycles. The van der Waals surface area contributed by atoms with E-state index in [4.69, 9.17) is 16.3 Å². The van der Waals surface area contributed by atoms with Crippen LogP contribution in [-0.2, 0) is 6.42 Å². The molecule has 0 aliphatic rings. The summed E-state index contributed by atoms with van der Waals surface area (Å²) in [5.41, 5.74) is 1.28. The molecule has 0 aliphatic heterocycles. The zero-order valence-corrected chi connectivity index (χ0v) is 11.3. The van der Waals surface area contributed by atoms with Crippen LogP contribution in [0.3, 0.4) is 0 Å². The van der Waals surface area contributed by atoms with Crippen LogP contribution in [0.4, 0.5) is 0 Å². The fourth-order valence-corrected chi connectivity index (χ4v) is 1.98. The molecule has 5 nitrogen and oxygen atoms in total. The molecular formula is C13H13ClN2O3. The Hall–Kier alpha value is -2.01. The molecule has 100 valence electrons. The lowest BCUT2D eigenvalue weighted by Gasteiger charge is -2.06. The summed E-state index contributed by atoms with van der Waals surface area (Å²) in [6.07, 6.45) is 0.512. The first-order valence-electron chi connectivity index (χ1n) is 5.73. The highest BCUT2D eigenvalue weighted by Gasteiger charge is 2.24. The third-order valence-corrected chi connectivity index (χ3v) is 2.98. The molecule has 1 aromatic carbocycles. The van der Waals surface area contributed by atoms with Gasteiger partial charge in [0.2, 0.25) is 5.88 Å². The molecule has 0 spiro atoms. The van der Waals surface area contributed by atoms with Crippen LogP contribution in [0.15, 0.2) is 24.3 Å². The molecule has 0 saturated carbocycles. The van der Waals surface area contributed by atoms with E-state index >= 15 is 0 Å². The molecule has 1 heterocycles. The van der Waals surface area contributed by atoms with Gasteiger partial charge in [0.05, 0.1) is 18.5 Å². The predicted molar refractivity (Wildman–Crippen MR) is 71.5 cm³/mol. The van der Waals surface area contributed by atoms with E-state index in [1.807, 2.05) is 6.92 Å². The smallest absolute Gasteiger partial charge is 0.343 e. The first-order valence-corrected chi connectivity index (χ1v) is 6.11. The van der Waals surface area contributed by atoms with Crippen molar-refractivity contribution in [2.45, 2.75) is 13.3 Å². The largest absolute Gasteiger partial charge is 0.480 e. The lowest BCUT2D eigenvalue weighted by Crippen LogP contribution is -2.03. The normalized spacial score (nSPS) is 10.5. The topological polar surface area (TPSA) is 64.4 Å². The van der Waals surface area contributed by atoms with Gasteiger partial charge < -0.3 is 9.84 Å². The standard InChI is InChI=1S/C13H13ClN2O3/c1-3-10-11(13(17)18)12(19-2)16(15-10)9-6-4-8(14)5-7-9/h4-7H,3H2,1-2H3,(H,17,18). The van der Waals surface area contributed by atoms with Crippen molar-refractivity contribution in [1.82, 2.24) is 9.78 Å². The van der Waals surface area contributed by atoms with Crippen LogP contribution in [-0.4, -0.2) is 28.0 Å². The Balaban J connectivity index is 2.63. The van der Waals surface area contributed by atoms with Gasteiger partial charge in [-0.1, -0.05) is 18.5 Å². The summed E-state index contributed by atoms with van der Waals surface area (Å²) in [5, 5.41) is 14.1. The Morgan fingerprint density at radius 1 is 1.42 bits per heavy atom. The van der Waals surface area contributed by atoms with Gasteiger partial charge in [0, 0.05) is 5.02 Å².